The zero-order valence-electron chi connectivity index (χ0n) is 19.9. The van der Waals surface area contributed by atoms with Gasteiger partial charge in [0.25, 0.3) is 0 Å². The molecule has 0 aliphatic carbocycles. The first-order valence-electron chi connectivity index (χ1n) is 11.3. The van der Waals surface area contributed by atoms with Crippen LogP contribution in [0.5, 0.6) is 5.88 Å². The molecule has 0 aromatic carbocycles. The Kier molecular flexibility index (Phi) is 6.37. The Hall–Kier alpha value is -4.64. The van der Waals surface area contributed by atoms with Crippen LogP contribution in [0.25, 0.3) is 22.3 Å². The molecule has 1 aliphatic heterocycles. The van der Waals surface area contributed by atoms with Gasteiger partial charge in [0, 0.05) is 42.8 Å². The van der Waals surface area contributed by atoms with E-state index in [0.29, 0.717) is 46.1 Å². The number of pyridine rings is 3. The van der Waals surface area contributed by atoms with Gasteiger partial charge < -0.3 is 25.6 Å². The Labute approximate surface area is 207 Å². The number of ether oxygens (including phenoxy) is 1. The Morgan fingerprint density at radius 1 is 1.14 bits per heavy atom. The smallest absolute Gasteiger partial charge is 0.247 e. The third-order valence-corrected chi connectivity index (χ3v) is 5.67. The fraction of sp³-hybridized carbons (Fsp3) is 0.200. The number of methoxy groups -OCH3 is 1. The summed E-state index contributed by atoms with van der Waals surface area (Å²) in [4.78, 5) is 36.6. The van der Waals surface area contributed by atoms with Crippen molar-refractivity contribution in [3.05, 3.63) is 61.6 Å². The van der Waals surface area contributed by atoms with Crippen molar-refractivity contribution in [2.24, 2.45) is 0 Å². The number of likely N-dealkylation sites (tertiary alicyclic amines) is 1. The lowest BCUT2D eigenvalue weighted by Crippen LogP contribution is -2.52. The van der Waals surface area contributed by atoms with Gasteiger partial charge in [-0.1, -0.05) is 6.58 Å². The average molecular weight is 484 g/mol. The van der Waals surface area contributed by atoms with E-state index in [4.69, 9.17) is 9.72 Å². The number of hydrogen-bond donors (Lipinski definition) is 3. The minimum atomic E-state index is -0.310. The van der Waals surface area contributed by atoms with Crippen LogP contribution in [0.3, 0.4) is 0 Å². The molecule has 0 atom stereocenters. The van der Waals surface area contributed by atoms with Crippen molar-refractivity contribution in [1.29, 1.82) is 0 Å². The van der Waals surface area contributed by atoms with Crippen molar-refractivity contribution in [3.63, 3.8) is 0 Å². The number of fused-ring (bicyclic) bond motifs is 1. The van der Waals surface area contributed by atoms with Gasteiger partial charge in [0.1, 0.15) is 22.7 Å². The maximum atomic E-state index is 11.7. The molecular weight excluding hydrogens is 458 g/mol. The van der Waals surface area contributed by atoms with Gasteiger partial charge in [0.15, 0.2) is 0 Å². The van der Waals surface area contributed by atoms with Crippen LogP contribution in [0.4, 0.5) is 23.1 Å². The monoisotopic (exact) mass is 483 g/mol. The van der Waals surface area contributed by atoms with Crippen LogP contribution >= 0.6 is 0 Å². The predicted molar refractivity (Wildman–Crippen MR) is 138 cm³/mol. The van der Waals surface area contributed by atoms with Gasteiger partial charge in [-0.05, 0) is 43.5 Å². The molecule has 1 aliphatic rings. The highest BCUT2D eigenvalue weighted by atomic mass is 16.5. The van der Waals surface area contributed by atoms with E-state index in [-0.39, 0.29) is 5.91 Å². The van der Waals surface area contributed by atoms with E-state index in [1.807, 2.05) is 18.2 Å². The fourth-order valence-electron chi connectivity index (χ4n) is 3.93. The predicted octanol–water partition coefficient (Wildman–Crippen LogP) is 3.08. The molecule has 0 spiro atoms. The second kappa shape index (κ2) is 9.92. The molecule has 0 unspecified atom stereocenters. The molecule has 0 radical (unpaired) electrons. The number of carbonyl (C=O) groups is 1. The molecule has 3 N–H and O–H groups in total. The number of nitrogens with one attached hydrogen (secondary N) is 3. The molecule has 182 valence electrons. The summed E-state index contributed by atoms with van der Waals surface area (Å²) >= 11 is 0. The van der Waals surface area contributed by atoms with Crippen molar-refractivity contribution < 1.29 is 9.53 Å². The third kappa shape index (κ3) is 4.91. The number of hydrogen-bond acceptors (Lipinski definition) is 10. The molecule has 4 aromatic rings. The van der Waals surface area contributed by atoms with Gasteiger partial charge in [-0.15, -0.1) is 0 Å². The van der Waals surface area contributed by atoms with Crippen LogP contribution in [0.2, 0.25) is 0 Å². The second-order valence-corrected chi connectivity index (χ2v) is 8.35. The standard InChI is InChI=1S/C25H25N9O2/c1-4-21(35)30-16-8-10-26-19(11-16)23-22-15(7-9-27-23)12-28-25(33-22)31-18-5-6-20(32-24(18)36-3)29-17-13-34(2)14-17/h4-12,17H,1,13-14H2,2-3H3,(H,29,32)(H,26,30,35)(H,28,31,33). The molecule has 5 rings (SSSR count). The van der Waals surface area contributed by atoms with Crippen LogP contribution < -0.4 is 20.7 Å². The lowest BCUT2D eigenvalue weighted by molar-refractivity contribution is -0.111. The molecule has 1 saturated heterocycles. The van der Waals surface area contributed by atoms with E-state index in [9.17, 15) is 4.79 Å². The highest BCUT2D eigenvalue weighted by molar-refractivity contribution is 5.99. The number of likely N-dealkylation sites (N-methyl/N-ethyl adjacent to an activating group) is 1. The van der Waals surface area contributed by atoms with E-state index in [1.54, 1.807) is 37.8 Å². The molecule has 5 heterocycles. The Morgan fingerprint density at radius 2 is 1.97 bits per heavy atom. The first kappa shape index (κ1) is 23.1. The minimum absolute atomic E-state index is 0.310. The molecule has 1 fully saturated rings. The lowest BCUT2D eigenvalue weighted by atomic mass is 10.1. The summed E-state index contributed by atoms with van der Waals surface area (Å²) in [5.74, 6) is 1.22. The molecule has 0 bridgehead atoms. The summed E-state index contributed by atoms with van der Waals surface area (Å²) in [6, 6.07) is 9.40. The summed E-state index contributed by atoms with van der Waals surface area (Å²) in [6.45, 7) is 5.43. The van der Waals surface area contributed by atoms with Gasteiger partial charge in [0.2, 0.25) is 17.7 Å². The number of anilines is 4. The van der Waals surface area contributed by atoms with Crippen molar-refractivity contribution in [1.82, 2.24) is 29.8 Å². The average Bonchev–Trinajstić information content (AvgIpc) is 2.88. The van der Waals surface area contributed by atoms with Crippen molar-refractivity contribution in [2.75, 3.05) is 43.2 Å². The maximum absolute atomic E-state index is 11.7. The van der Waals surface area contributed by atoms with Crippen LogP contribution in [-0.2, 0) is 4.79 Å². The molecule has 1 amide bonds. The van der Waals surface area contributed by atoms with Gasteiger partial charge in [0.05, 0.1) is 18.8 Å². The summed E-state index contributed by atoms with van der Waals surface area (Å²) in [7, 11) is 3.65. The molecule has 4 aromatic heterocycles. The van der Waals surface area contributed by atoms with Crippen molar-refractivity contribution in [2.45, 2.75) is 6.04 Å². The third-order valence-electron chi connectivity index (χ3n) is 5.67. The van der Waals surface area contributed by atoms with Crippen LogP contribution in [0.1, 0.15) is 0 Å². The molecule has 11 nitrogen and oxygen atoms in total. The summed E-state index contributed by atoms with van der Waals surface area (Å²) in [5, 5.41) is 10.1. The molecule has 0 saturated carbocycles. The highest BCUT2D eigenvalue weighted by Gasteiger charge is 2.23. The quantitative estimate of drug-likeness (QED) is 0.321. The van der Waals surface area contributed by atoms with E-state index in [1.165, 1.54) is 6.08 Å². The van der Waals surface area contributed by atoms with Crippen LogP contribution in [0.15, 0.2) is 61.6 Å². The van der Waals surface area contributed by atoms with E-state index in [0.717, 1.165) is 24.3 Å². The maximum Gasteiger partial charge on any atom is 0.247 e. The van der Waals surface area contributed by atoms with Crippen molar-refractivity contribution in [3.8, 4) is 17.3 Å². The zero-order valence-corrected chi connectivity index (χ0v) is 19.9. The SMILES string of the molecule is C=CC(=O)Nc1ccnc(-c2nccc3cnc(Nc4ccc(NC5CN(C)C5)nc4OC)nc23)c1. The Balaban J connectivity index is 1.43. The van der Waals surface area contributed by atoms with E-state index >= 15 is 0 Å². The molecule has 11 heteroatoms. The summed E-state index contributed by atoms with van der Waals surface area (Å²) in [5.41, 5.74) is 2.93. The zero-order chi connectivity index (χ0) is 25.1. The van der Waals surface area contributed by atoms with Gasteiger partial charge >= 0.3 is 0 Å². The molecule has 36 heavy (non-hydrogen) atoms. The first-order valence-corrected chi connectivity index (χ1v) is 11.3. The largest absolute Gasteiger partial charge is 0.479 e. The number of nitrogens with zero attached hydrogens (tertiary/aromatic N) is 6. The lowest BCUT2D eigenvalue weighted by Gasteiger charge is -2.36. The molecular formula is C25H25N9O2. The van der Waals surface area contributed by atoms with E-state index in [2.05, 4.69) is 54.4 Å². The second-order valence-electron chi connectivity index (χ2n) is 8.35. The number of amides is 1. The van der Waals surface area contributed by atoms with Crippen LogP contribution in [-0.4, -0.2) is 69.0 Å². The minimum Gasteiger partial charge on any atom is -0.479 e. The fourth-order valence-corrected chi connectivity index (χ4v) is 3.93. The number of rotatable bonds is 8. The van der Waals surface area contributed by atoms with E-state index < -0.39 is 0 Å². The van der Waals surface area contributed by atoms with Gasteiger partial charge in [-0.3, -0.25) is 14.8 Å². The van der Waals surface area contributed by atoms with Crippen LogP contribution in [0, 0.1) is 0 Å². The Bertz CT molecular complexity index is 1440. The van der Waals surface area contributed by atoms with Gasteiger partial charge in [-0.2, -0.15) is 4.98 Å². The topological polar surface area (TPSA) is 130 Å². The van der Waals surface area contributed by atoms with Crippen molar-refractivity contribution >= 4 is 40.0 Å². The normalized spacial score (nSPS) is 13.6. The summed E-state index contributed by atoms with van der Waals surface area (Å²) in [6.07, 6.45) is 6.19. The number of carbonyl (C=O) groups excluding carboxylic acids is 1. The Morgan fingerprint density at radius 3 is 2.75 bits per heavy atom. The number of aromatic nitrogens is 5. The summed E-state index contributed by atoms with van der Waals surface area (Å²) < 4.78 is 5.50. The van der Waals surface area contributed by atoms with Gasteiger partial charge in [-0.25, -0.2) is 9.97 Å². The highest BCUT2D eigenvalue weighted by Crippen LogP contribution is 2.29. The first-order chi connectivity index (χ1) is 17.5.